The van der Waals surface area contributed by atoms with E-state index in [1.54, 1.807) is 26.8 Å². The SMILES string of the molecule is CC[C@H](C(=O)NC(C)C)N(Cc1ccc(F)cc1)C(=O)CN(c1cccc(C(C)=O)c1)S(C)(=O)=O. The van der Waals surface area contributed by atoms with Crippen LogP contribution in [0.1, 0.15) is 50.0 Å². The molecule has 0 bridgehead atoms. The van der Waals surface area contributed by atoms with E-state index in [2.05, 4.69) is 5.32 Å². The van der Waals surface area contributed by atoms with E-state index in [1.165, 1.54) is 54.3 Å². The standard InChI is InChI=1S/C25H32FN3O5S/c1-6-23(25(32)27-17(2)3)28(15-19-10-12-21(26)13-11-19)24(31)16-29(35(5,33)34)22-9-7-8-20(14-22)18(4)30/h7-14,17,23H,6,15-16H2,1-5H3,(H,27,32)/t23-/m1/s1. The highest BCUT2D eigenvalue weighted by atomic mass is 32.2. The summed E-state index contributed by atoms with van der Waals surface area (Å²) in [6, 6.07) is 10.5. The summed E-state index contributed by atoms with van der Waals surface area (Å²) in [4.78, 5) is 39.6. The molecule has 0 aliphatic rings. The number of hydrogen-bond donors (Lipinski definition) is 1. The van der Waals surface area contributed by atoms with E-state index in [0.29, 0.717) is 11.1 Å². The van der Waals surface area contributed by atoms with Crippen molar-refractivity contribution < 1.29 is 27.2 Å². The lowest BCUT2D eigenvalue weighted by atomic mass is 10.1. The number of hydrogen-bond acceptors (Lipinski definition) is 5. The molecule has 0 unspecified atom stereocenters. The Hall–Kier alpha value is -3.27. The Morgan fingerprint density at radius 2 is 1.69 bits per heavy atom. The zero-order chi connectivity index (χ0) is 26.3. The monoisotopic (exact) mass is 505 g/mol. The van der Waals surface area contributed by atoms with Crippen LogP contribution < -0.4 is 9.62 Å². The molecule has 2 aromatic carbocycles. The number of nitrogens with zero attached hydrogens (tertiary/aromatic N) is 2. The molecule has 35 heavy (non-hydrogen) atoms. The van der Waals surface area contributed by atoms with Gasteiger partial charge in [-0.05, 0) is 57.0 Å². The van der Waals surface area contributed by atoms with Crippen LogP contribution in [0.25, 0.3) is 0 Å². The van der Waals surface area contributed by atoms with Crippen molar-refractivity contribution in [3.8, 4) is 0 Å². The third kappa shape index (κ3) is 7.88. The van der Waals surface area contributed by atoms with Gasteiger partial charge in [0.2, 0.25) is 21.8 Å². The maximum atomic E-state index is 13.6. The summed E-state index contributed by atoms with van der Waals surface area (Å²) >= 11 is 0. The summed E-state index contributed by atoms with van der Waals surface area (Å²) in [6.07, 6.45) is 1.25. The Balaban J connectivity index is 2.47. The van der Waals surface area contributed by atoms with Crippen LogP contribution in [0.5, 0.6) is 0 Å². The number of Topliss-reactive ketones (excluding diaryl/α,β-unsaturated/α-hetero) is 1. The van der Waals surface area contributed by atoms with Gasteiger partial charge in [-0.2, -0.15) is 0 Å². The van der Waals surface area contributed by atoms with Crippen LogP contribution in [0.3, 0.4) is 0 Å². The first-order valence-corrected chi connectivity index (χ1v) is 13.1. The Kier molecular flexibility index (Phi) is 9.53. The Bertz CT molecular complexity index is 1170. The fourth-order valence-electron chi connectivity index (χ4n) is 3.58. The number of sulfonamides is 1. The molecule has 0 aliphatic heterocycles. The number of nitrogens with one attached hydrogen (secondary N) is 1. The van der Waals surface area contributed by atoms with Gasteiger partial charge in [-0.25, -0.2) is 12.8 Å². The molecule has 1 atom stereocenters. The van der Waals surface area contributed by atoms with Crippen LogP contribution in [-0.4, -0.2) is 55.8 Å². The second-order valence-corrected chi connectivity index (χ2v) is 10.5. The Morgan fingerprint density at radius 3 is 2.20 bits per heavy atom. The number of amides is 2. The number of ketones is 1. The van der Waals surface area contributed by atoms with Gasteiger partial charge in [0.1, 0.15) is 18.4 Å². The number of anilines is 1. The van der Waals surface area contributed by atoms with Crippen molar-refractivity contribution in [2.24, 2.45) is 0 Å². The zero-order valence-electron chi connectivity index (χ0n) is 20.6. The van der Waals surface area contributed by atoms with Gasteiger partial charge < -0.3 is 10.2 Å². The van der Waals surface area contributed by atoms with Gasteiger partial charge in [-0.1, -0.05) is 31.2 Å². The van der Waals surface area contributed by atoms with E-state index in [9.17, 15) is 27.2 Å². The zero-order valence-corrected chi connectivity index (χ0v) is 21.4. The number of carbonyl (C=O) groups excluding carboxylic acids is 3. The third-order valence-electron chi connectivity index (χ3n) is 5.30. The quantitative estimate of drug-likeness (QED) is 0.473. The number of benzene rings is 2. The lowest BCUT2D eigenvalue weighted by molar-refractivity contribution is -0.140. The normalized spacial score (nSPS) is 12.2. The third-order valence-corrected chi connectivity index (χ3v) is 6.44. The molecule has 8 nitrogen and oxygen atoms in total. The van der Waals surface area contributed by atoms with E-state index in [-0.39, 0.29) is 36.4 Å². The number of carbonyl (C=O) groups is 3. The maximum Gasteiger partial charge on any atom is 0.244 e. The average Bonchev–Trinajstić information content (AvgIpc) is 2.77. The minimum atomic E-state index is -3.91. The summed E-state index contributed by atoms with van der Waals surface area (Å²) in [5.74, 6) is -1.67. The van der Waals surface area contributed by atoms with Crippen molar-refractivity contribution in [1.29, 1.82) is 0 Å². The highest BCUT2D eigenvalue weighted by Gasteiger charge is 2.32. The van der Waals surface area contributed by atoms with E-state index >= 15 is 0 Å². The van der Waals surface area contributed by atoms with Crippen molar-refractivity contribution >= 4 is 33.3 Å². The van der Waals surface area contributed by atoms with Gasteiger partial charge in [0.05, 0.1) is 11.9 Å². The highest BCUT2D eigenvalue weighted by molar-refractivity contribution is 7.92. The van der Waals surface area contributed by atoms with Crippen molar-refractivity contribution in [3.05, 3.63) is 65.5 Å². The van der Waals surface area contributed by atoms with Crippen LogP contribution in [0.4, 0.5) is 10.1 Å². The Morgan fingerprint density at radius 1 is 1.06 bits per heavy atom. The molecule has 0 saturated carbocycles. The fourth-order valence-corrected chi connectivity index (χ4v) is 4.42. The van der Waals surface area contributed by atoms with Gasteiger partial charge in [-0.15, -0.1) is 0 Å². The van der Waals surface area contributed by atoms with Crippen molar-refractivity contribution in [1.82, 2.24) is 10.2 Å². The van der Waals surface area contributed by atoms with Crippen LogP contribution in [-0.2, 0) is 26.2 Å². The van der Waals surface area contributed by atoms with Gasteiger partial charge in [-0.3, -0.25) is 18.7 Å². The minimum absolute atomic E-state index is 0.0196. The Labute approximate surface area is 206 Å². The first-order valence-electron chi connectivity index (χ1n) is 11.3. The van der Waals surface area contributed by atoms with Crippen LogP contribution >= 0.6 is 0 Å². The van der Waals surface area contributed by atoms with Gasteiger partial charge in [0.15, 0.2) is 5.78 Å². The molecule has 2 rings (SSSR count). The second kappa shape index (κ2) is 11.9. The first-order chi connectivity index (χ1) is 16.3. The molecule has 0 saturated heterocycles. The summed E-state index contributed by atoms with van der Waals surface area (Å²) in [5, 5.41) is 2.80. The molecular weight excluding hydrogens is 473 g/mol. The second-order valence-electron chi connectivity index (χ2n) is 8.61. The van der Waals surface area contributed by atoms with Gasteiger partial charge in [0, 0.05) is 18.2 Å². The summed E-state index contributed by atoms with van der Waals surface area (Å²) < 4.78 is 39.6. The van der Waals surface area contributed by atoms with Gasteiger partial charge >= 0.3 is 0 Å². The number of halogens is 1. The van der Waals surface area contributed by atoms with Crippen molar-refractivity contribution in [2.75, 3.05) is 17.1 Å². The molecule has 0 fully saturated rings. The van der Waals surface area contributed by atoms with Crippen molar-refractivity contribution in [3.63, 3.8) is 0 Å². The van der Waals surface area contributed by atoms with E-state index < -0.39 is 34.3 Å². The predicted octanol–water partition coefficient (Wildman–Crippen LogP) is 3.13. The molecule has 0 aromatic heterocycles. The van der Waals surface area contributed by atoms with Gasteiger partial charge in [0.25, 0.3) is 0 Å². The van der Waals surface area contributed by atoms with Crippen LogP contribution in [0, 0.1) is 5.82 Å². The van der Waals surface area contributed by atoms with E-state index in [4.69, 9.17) is 0 Å². The molecule has 2 aromatic rings. The molecule has 2 amide bonds. The van der Waals surface area contributed by atoms with Crippen molar-refractivity contribution in [2.45, 2.75) is 52.7 Å². The smallest absolute Gasteiger partial charge is 0.244 e. The molecule has 1 N–H and O–H groups in total. The largest absolute Gasteiger partial charge is 0.352 e. The molecule has 0 radical (unpaired) electrons. The lowest BCUT2D eigenvalue weighted by Crippen LogP contribution is -2.53. The number of rotatable bonds is 11. The molecule has 0 aliphatic carbocycles. The highest BCUT2D eigenvalue weighted by Crippen LogP contribution is 2.21. The molecular formula is C25H32FN3O5S. The van der Waals surface area contributed by atoms with E-state index in [1.807, 2.05) is 0 Å². The average molecular weight is 506 g/mol. The summed E-state index contributed by atoms with van der Waals surface area (Å²) in [5.41, 5.74) is 1.05. The summed E-state index contributed by atoms with van der Waals surface area (Å²) in [7, 11) is -3.91. The lowest BCUT2D eigenvalue weighted by Gasteiger charge is -2.33. The minimum Gasteiger partial charge on any atom is -0.352 e. The first kappa shape index (κ1) is 28.0. The summed E-state index contributed by atoms with van der Waals surface area (Å²) in [6.45, 7) is 6.11. The van der Waals surface area contributed by atoms with Crippen LogP contribution in [0.2, 0.25) is 0 Å². The molecule has 0 heterocycles. The maximum absolute atomic E-state index is 13.6. The van der Waals surface area contributed by atoms with E-state index in [0.717, 1.165) is 10.6 Å². The topological polar surface area (TPSA) is 104 Å². The fraction of sp³-hybridized carbons (Fsp3) is 0.400. The molecule has 190 valence electrons. The molecule has 10 heteroatoms. The van der Waals surface area contributed by atoms with Crippen LogP contribution in [0.15, 0.2) is 48.5 Å². The predicted molar refractivity (Wildman–Crippen MR) is 133 cm³/mol. The molecule has 0 spiro atoms.